The van der Waals surface area contributed by atoms with Crippen LogP contribution in [0.3, 0.4) is 0 Å². The number of ether oxygens (including phenoxy) is 1. The summed E-state index contributed by atoms with van der Waals surface area (Å²) in [6.07, 6.45) is 4.51. The molecule has 2 N–H and O–H groups in total. The van der Waals surface area contributed by atoms with Crippen molar-refractivity contribution in [2.75, 3.05) is 13.6 Å². The molecule has 2 unspecified atom stereocenters. The minimum absolute atomic E-state index is 0.150. The maximum atomic E-state index is 11.7. The molecule has 0 spiro atoms. The third-order valence-electron chi connectivity index (χ3n) is 2.86. The summed E-state index contributed by atoms with van der Waals surface area (Å²) in [6.45, 7) is 3.94. The molecule has 0 bridgehead atoms. The second-order valence-corrected chi connectivity index (χ2v) is 4.23. The Morgan fingerprint density at radius 2 is 2.11 bits per heavy atom. The molecule has 19 heavy (non-hydrogen) atoms. The molecule has 2 atom stereocenters. The van der Waals surface area contributed by atoms with Crippen LogP contribution in [0.5, 0.6) is 5.75 Å². The van der Waals surface area contributed by atoms with Crippen LogP contribution in [0.25, 0.3) is 0 Å². The van der Waals surface area contributed by atoms with Crippen LogP contribution in [0.2, 0.25) is 0 Å². The lowest BCUT2D eigenvalue weighted by Crippen LogP contribution is -2.36. The van der Waals surface area contributed by atoms with Gasteiger partial charge in [0.25, 0.3) is 5.91 Å². The molecule has 0 saturated carbocycles. The average Bonchev–Trinajstić information content (AvgIpc) is 2.44. The highest BCUT2D eigenvalue weighted by atomic mass is 16.5. The van der Waals surface area contributed by atoms with Crippen molar-refractivity contribution in [3.63, 3.8) is 0 Å². The van der Waals surface area contributed by atoms with Gasteiger partial charge in [-0.25, -0.2) is 0 Å². The predicted octanol–water partition coefficient (Wildman–Crippen LogP) is 1.48. The summed E-state index contributed by atoms with van der Waals surface area (Å²) in [5.41, 5.74) is 1.02. The third-order valence-corrected chi connectivity index (χ3v) is 2.86. The molecule has 0 radical (unpaired) electrons. The van der Waals surface area contributed by atoms with Crippen LogP contribution in [0.4, 0.5) is 0 Å². The van der Waals surface area contributed by atoms with E-state index < -0.39 is 6.10 Å². The summed E-state index contributed by atoms with van der Waals surface area (Å²) in [5, 5.41) is 5.75. The van der Waals surface area contributed by atoms with Gasteiger partial charge in [-0.15, -0.1) is 6.42 Å². The van der Waals surface area contributed by atoms with E-state index in [2.05, 4.69) is 16.6 Å². The van der Waals surface area contributed by atoms with Crippen molar-refractivity contribution in [3.8, 4) is 18.1 Å². The van der Waals surface area contributed by atoms with Crippen LogP contribution in [0.15, 0.2) is 24.3 Å². The molecule has 1 rings (SSSR count). The number of para-hydroxylation sites is 1. The van der Waals surface area contributed by atoms with Gasteiger partial charge in [0.15, 0.2) is 6.10 Å². The topological polar surface area (TPSA) is 50.4 Å². The summed E-state index contributed by atoms with van der Waals surface area (Å²) in [5.74, 6) is 2.84. The summed E-state index contributed by atoms with van der Waals surface area (Å²) in [4.78, 5) is 11.7. The fourth-order valence-corrected chi connectivity index (χ4v) is 1.63. The second kappa shape index (κ2) is 7.45. The molecule has 0 aliphatic heterocycles. The van der Waals surface area contributed by atoms with E-state index in [1.807, 2.05) is 38.2 Å². The molecular weight excluding hydrogens is 240 g/mol. The Morgan fingerprint density at radius 3 is 2.74 bits per heavy atom. The van der Waals surface area contributed by atoms with Crippen LogP contribution < -0.4 is 15.4 Å². The third kappa shape index (κ3) is 4.31. The van der Waals surface area contributed by atoms with Crippen LogP contribution >= 0.6 is 0 Å². The highest BCUT2D eigenvalue weighted by Crippen LogP contribution is 2.25. The molecule has 0 saturated heterocycles. The van der Waals surface area contributed by atoms with E-state index in [4.69, 9.17) is 11.2 Å². The number of benzene rings is 1. The smallest absolute Gasteiger partial charge is 0.261 e. The molecule has 1 aromatic rings. The minimum Gasteiger partial charge on any atom is -0.481 e. The zero-order chi connectivity index (χ0) is 14.3. The van der Waals surface area contributed by atoms with Crippen molar-refractivity contribution in [2.24, 2.45) is 0 Å². The number of carbonyl (C=O) groups excluding carboxylic acids is 1. The Balaban J connectivity index is 2.76. The van der Waals surface area contributed by atoms with E-state index in [9.17, 15) is 4.79 Å². The van der Waals surface area contributed by atoms with Gasteiger partial charge in [-0.1, -0.05) is 24.1 Å². The summed E-state index contributed by atoms with van der Waals surface area (Å²) in [7, 11) is 1.88. The van der Waals surface area contributed by atoms with E-state index >= 15 is 0 Å². The Kier molecular flexibility index (Phi) is 5.91. The van der Waals surface area contributed by atoms with Gasteiger partial charge in [0.2, 0.25) is 0 Å². The Labute approximate surface area is 114 Å². The van der Waals surface area contributed by atoms with Crippen molar-refractivity contribution in [1.29, 1.82) is 0 Å². The first kappa shape index (κ1) is 15.1. The number of rotatable bonds is 6. The van der Waals surface area contributed by atoms with Gasteiger partial charge in [0.05, 0.1) is 6.54 Å². The summed E-state index contributed by atoms with van der Waals surface area (Å²) < 4.78 is 5.71. The number of carbonyl (C=O) groups is 1. The zero-order valence-corrected chi connectivity index (χ0v) is 11.6. The van der Waals surface area contributed by atoms with Crippen LogP contribution in [0.1, 0.15) is 25.5 Å². The molecule has 0 aliphatic carbocycles. The van der Waals surface area contributed by atoms with E-state index in [1.54, 1.807) is 6.92 Å². The molecule has 0 heterocycles. The first-order valence-corrected chi connectivity index (χ1v) is 6.24. The first-order chi connectivity index (χ1) is 9.10. The van der Waals surface area contributed by atoms with Crippen molar-refractivity contribution in [1.82, 2.24) is 10.6 Å². The zero-order valence-electron chi connectivity index (χ0n) is 11.6. The molecular formula is C15H20N2O2. The van der Waals surface area contributed by atoms with Gasteiger partial charge >= 0.3 is 0 Å². The highest BCUT2D eigenvalue weighted by Gasteiger charge is 2.17. The number of hydrogen-bond acceptors (Lipinski definition) is 3. The molecule has 1 amide bonds. The normalized spacial score (nSPS) is 13.2. The minimum atomic E-state index is -0.585. The molecule has 102 valence electrons. The lowest BCUT2D eigenvalue weighted by Gasteiger charge is -2.19. The monoisotopic (exact) mass is 260 g/mol. The SMILES string of the molecule is C#CCNC(=O)C(C)Oc1ccccc1C(C)NC. The Bertz CT molecular complexity index is 465. The highest BCUT2D eigenvalue weighted by molar-refractivity contribution is 5.80. The molecule has 4 nitrogen and oxygen atoms in total. The van der Waals surface area contributed by atoms with Gasteiger partial charge in [-0.05, 0) is 27.0 Å². The van der Waals surface area contributed by atoms with Crippen molar-refractivity contribution >= 4 is 5.91 Å². The van der Waals surface area contributed by atoms with Gasteiger partial charge < -0.3 is 15.4 Å². The Hall–Kier alpha value is -1.99. The standard InChI is InChI=1S/C15H20N2O2/c1-5-10-17-15(18)12(3)19-14-9-7-6-8-13(14)11(2)16-4/h1,6-9,11-12,16H,10H2,2-4H3,(H,17,18). The van der Waals surface area contributed by atoms with Crippen molar-refractivity contribution in [2.45, 2.75) is 26.0 Å². The molecule has 0 fully saturated rings. The van der Waals surface area contributed by atoms with Crippen LogP contribution in [-0.2, 0) is 4.79 Å². The van der Waals surface area contributed by atoms with Gasteiger partial charge in [-0.3, -0.25) is 4.79 Å². The average molecular weight is 260 g/mol. The lowest BCUT2D eigenvalue weighted by atomic mass is 10.1. The molecule has 1 aromatic carbocycles. The quantitative estimate of drug-likeness (QED) is 0.762. The van der Waals surface area contributed by atoms with Crippen LogP contribution in [0, 0.1) is 12.3 Å². The number of amides is 1. The molecule has 0 aliphatic rings. The largest absolute Gasteiger partial charge is 0.481 e. The van der Waals surface area contributed by atoms with E-state index in [0.717, 1.165) is 5.56 Å². The molecule has 4 heteroatoms. The summed E-state index contributed by atoms with van der Waals surface area (Å²) in [6, 6.07) is 7.81. The van der Waals surface area contributed by atoms with E-state index in [-0.39, 0.29) is 18.5 Å². The van der Waals surface area contributed by atoms with Crippen molar-refractivity contribution in [3.05, 3.63) is 29.8 Å². The fourth-order valence-electron chi connectivity index (χ4n) is 1.63. The number of terminal acetylenes is 1. The van der Waals surface area contributed by atoms with E-state index in [1.165, 1.54) is 0 Å². The van der Waals surface area contributed by atoms with Crippen LogP contribution in [-0.4, -0.2) is 25.6 Å². The van der Waals surface area contributed by atoms with Gasteiger partial charge in [0.1, 0.15) is 5.75 Å². The van der Waals surface area contributed by atoms with Crippen molar-refractivity contribution < 1.29 is 9.53 Å². The number of nitrogens with one attached hydrogen (secondary N) is 2. The van der Waals surface area contributed by atoms with Gasteiger partial charge in [0, 0.05) is 11.6 Å². The lowest BCUT2D eigenvalue weighted by molar-refractivity contribution is -0.127. The summed E-state index contributed by atoms with van der Waals surface area (Å²) >= 11 is 0. The Morgan fingerprint density at radius 1 is 1.42 bits per heavy atom. The molecule has 0 aromatic heterocycles. The predicted molar refractivity (Wildman–Crippen MR) is 75.8 cm³/mol. The second-order valence-electron chi connectivity index (χ2n) is 4.23. The van der Waals surface area contributed by atoms with E-state index in [0.29, 0.717) is 5.75 Å². The fraction of sp³-hybridized carbons (Fsp3) is 0.400. The maximum Gasteiger partial charge on any atom is 0.261 e. The number of hydrogen-bond donors (Lipinski definition) is 2. The first-order valence-electron chi connectivity index (χ1n) is 6.24. The van der Waals surface area contributed by atoms with Gasteiger partial charge in [-0.2, -0.15) is 0 Å². The maximum absolute atomic E-state index is 11.7.